The van der Waals surface area contributed by atoms with Crippen molar-refractivity contribution in [2.24, 2.45) is 5.92 Å². The second-order valence-corrected chi connectivity index (χ2v) is 7.41. The topological polar surface area (TPSA) is 46.9 Å². The van der Waals surface area contributed by atoms with E-state index in [1.165, 1.54) is 16.8 Å². The fourth-order valence-corrected chi connectivity index (χ4v) is 3.93. The molecule has 1 N–H and O–H groups in total. The van der Waals surface area contributed by atoms with Gasteiger partial charge < -0.3 is 5.32 Å². The van der Waals surface area contributed by atoms with E-state index in [1.807, 2.05) is 0 Å². The summed E-state index contributed by atoms with van der Waals surface area (Å²) in [7, 11) is 0. The average Bonchev–Trinajstić information content (AvgIpc) is 2.90. The van der Waals surface area contributed by atoms with Gasteiger partial charge in [0.2, 0.25) is 0 Å². The third-order valence-corrected chi connectivity index (χ3v) is 5.43. The molecule has 9 heteroatoms. The van der Waals surface area contributed by atoms with Crippen LogP contribution in [0.3, 0.4) is 0 Å². The zero-order valence-corrected chi connectivity index (χ0v) is 15.9. The maximum atomic E-state index is 13.3. The fourth-order valence-electron chi connectivity index (χ4n) is 3.61. The van der Waals surface area contributed by atoms with Crippen molar-refractivity contribution in [1.29, 1.82) is 0 Å². The van der Waals surface area contributed by atoms with Crippen molar-refractivity contribution in [2.45, 2.75) is 51.4 Å². The highest BCUT2D eigenvalue weighted by molar-refractivity contribution is 6.33. The normalized spacial score (nSPS) is 20.2. The van der Waals surface area contributed by atoms with Crippen LogP contribution in [0.5, 0.6) is 0 Å². The lowest BCUT2D eigenvalue weighted by atomic mass is 9.84. The third-order valence-electron chi connectivity index (χ3n) is 5.04. The molecule has 0 spiro atoms. The van der Waals surface area contributed by atoms with E-state index in [1.54, 1.807) is 19.1 Å². The molecule has 2 atom stereocenters. The Balaban J connectivity index is 1.78. The highest BCUT2D eigenvalue weighted by Gasteiger charge is 2.46. The zero-order chi connectivity index (χ0) is 20.5. The number of nitrogens with one attached hydrogen (secondary N) is 1. The first-order chi connectivity index (χ1) is 13.2. The number of carbonyl (C=O) groups is 1. The molecule has 1 aromatic heterocycles. The lowest BCUT2D eigenvalue weighted by Crippen LogP contribution is -2.47. The Hall–Kier alpha value is -2.09. The van der Waals surface area contributed by atoms with Crippen molar-refractivity contribution in [2.75, 3.05) is 0 Å². The number of benzene rings is 1. The summed E-state index contributed by atoms with van der Waals surface area (Å²) in [6, 6.07) is 4.76. The summed E-state index contributed by atoms with van der Waals surface area (Å²) in [5.74, 6) is -2.59. The largest absolute Gasteiger partial charge is 0.393 e. The maximum absolute atomic E-state index is 13.3. The molecule has 0 radical (unpaired) electrons. The Morgan fingerprint density at radius 1 is 1.25 bits per heavy atom. The van der Waals surface area contributed by atoms with E-state index in [2.05, 4.69) is 10.4 Å². The molecule has 1 fully saturated rings. The van der Waals surface area contributed by atoms with E-state index in [4.69, 9.17) is 11.6 Å². The van der Waals surface area contributed by atoms with E-state index in [-0.39, 0.29) is 35.9 Å². The number of alkyl halides is 3. The van der Waals surface area contributed by atoms with Crippen LogP contribution >= 0.6 is 11.6 Å². The maximum Gasteiger partial charge on any atom is 0.393 e. The van der Waals surface area contributed by atoms with Gasteiger partial charge in [0.05, 0.1) is 23.7 Å². The Labute approximate surface area is 164 Å². The van der Waals surface area contributed by atoms with E-state index in [9.17, 15) is 22.4 Å². The van der Waals surface area contributed by atoms with Gasteiger partial charge in [-0.3, -0.25) is 4.79 Å². The molecule has 0 saturated heterocycles. The van der Waals surface area contributed by atoms with Crippen molar-refractivity contribution in [3.63, 3.8) is 0 Å². The molecular formula is C19H20ClF4N3O. The molecule has 1 aliphatic rings. The molecule has 2 aromatic rings. The lowest BCUT2D eigenvalue weighted by molar-refractivity contribution is -0.187. The molecule has 28 heavy (non-hydrogen) atoms. The number of nitrogens with zero attached hydrogens (tertiary/aromatic N) is 2. The zero-order valence-electron chi connectivity index (χ0n) is 15.2. The highest BCUT2D eigenvalue weighted by atomic mass is 35.5. The van der Waals surface area contributed by atoms with E-state index >= 15 is 0 Å². The molecule has 2 unspecified atom stereocenters. The minimum Gasteiger partial charge on any atom is -0.349 e. The summed E-state index contributed by atoms with van der Waals surface area (Å²) < 4.78 is 54.2. The summed E-state index contributed by atoms with van der Waals surface area (Å²) >= 11 is 6.29. The van der Waals surface area contributed by atoms with Gasteiger partial charge in [-0.15, -0.1) is 0 Å². The monoisotopic (exact) mass is 417 g/mol. The Kier molecular flexibility index (Phi) is 5.98. The fraction of sp³-hybridized carbons (Fsp3) is 0.474. The van der Waals surface area contributed by atoms with E-state index < -0.39 is 24.0 Å². The summed E-state index contributed by atoms with van der Waals surface area (Å²) in [5.41, 5.74) is 1.11. The number of halogens is 5. The second-order valence-electron chi connectivity index (χ2n) is 7.05. The van der Waals surface area contributed by atoms with Crippen LogP contribution in [-0.4, -0.2) is 27.9 Å². The van der Waals surface area contributed by atoms with Crippen molar-refractivity contribution >= 4 is 17.5 Å². The van der Waals surface area contributed by atoms with E-state index in [0.717, 1.165) is 5.56 Å². The van der Waals surface area contributed by atoms with Gasteiger partial charge >= 0.3 is 6.18 Å². The lowest BCUT2D eigenvalue weighted by Gasteiger charge is -2.33. The molecule has 152 valence electrons. The van der Waals surface area contributed by atoms with Crippen LogP contribution in [0, 0.1) is 18.7 Å². The Bertz CT molecular complexity index is 848. The van der Waals surface area contributed by atoms with Gasteiger partial charge in [0.25, 0.3) is 5.91 Å². The van der Waals surface area contributed by atoms with Gasteiger partial charge in [0.1, 0.15) is 11.0 Å². The number of aryl methyl sites for hydroxylation is 1. The van der Waals surface area contributed by atoms with Crippen LogP contribution < -0.4 is 5.32 Å². The molecule has 1 saturated carbocycles. The Morgan fingerprint density at radius 3 is 2.54 bits per heavy atom. The molecule has 4 nitrogen and oxygen atoms in total. The number of rotatable bonds is 4. The molecule has 0 aliphatic heterocycles. The van der Waals surface area contributed by atoms with Crippen LogP contribution in [0.2, 0.25) is 5.15 Å². The first-order valence-electron chi connectivity index (χ1n) is 9.01. The SMILES string of the molecule is Cc1nn(Cc2ccc(F)cc2)c(Cl)c1C(=O)NC1CCCCC1C(F)(F)F. The third kappa shape index (κ3) is 4.48. The smallest absolute Gasteiger partial charge is 0.349 e. The summed E-state index contributed by atoms with van der Waals surface area (Å²) in [5, 5.41) is 6.77. The van der Waals surface area contributed by atoms with Gasteiger partial charge in [-0.1, -0.05) is 36.6 Å². The van der Waals surface area contributed by atoms with Gasteiger partial charge in [0.15, 0.2) is 0 Å². The molecule has 1 aliphatic carbocycles. The van der Waals surface area contributed by atoms with Crippen LogP contribution in [0.15, 0.2) is 24.3 Å². The number of aromatic nitrogens is 2. The van der Waals surface area contributed by atoms with Crippen LogP contribution in [0.25, 0.3) is 0 Å². The van der Waals surface area contributed by atoms with Crippen molar-refractivity contribution in [1.82, 2.24) is 15.1 Å². The Morgan fingerprint density at radius 2 is 1.89 bits per heavy atom. The molecule has 1 amide bonds. The minimum absolute atomic E-state index is 0.00495. The van der Waals surface area contributed by atoms with Crippen molar-refractivity contribution in [3.05, 3.63) is 52.1 Å². The second kappa shape index (κ2) is 8.11. The van der Waals surface area contributed by atoms with Crippen molar-refractivity contribution in [3.8, 4) is 0 Å². The average molecular weight is 418 g/mol. The quantitative estimate of drug-likeness (QED) is 0.720. The predicted molar refractivity (Wildman–Crippen MR) is 96.7 cm³/mol. The molecule has 0 bridgehead atoms. The van der Waals surface area contributed by atoms with Gasteiger partial charge in [0, 0.05) is 6.04 Å². The van der Waals surface area contributed by atoms with Gasteiger partial charge in [-0.25, -0.2) is 9.07 Å². The number of hydrogen-bond donors (Lipinski definition) is 1. The predicted octanol–water partition coefficient (Wildman–Crippen LogP) is 4.88. The first-order valence-corrected chi connectivity index (χ1v) is 9.39. The molecule has 3 rings (SSSR count). The van der Waals surface area contributed by atoms with Crippen LogP contribution in [0.4, 0.5) is 17.6 Å². The van der Waals surface area contributed by atoms with Crippen LogP contribution in [0.1, 0.15) is 47.3 Å². The number of hydrogen-bond acceptors (Lipinski definition) is 2. The standard InChI is InChI=1S/C19H20ClF4N3O/c1-11-16(17(20)27(26-11)10-12-6-8-13(21)9-7-12)18(28)25-15-5-3-2-4-14(15)19(22,23)24/h6-9,14-15H,2-5,10H2,1H3,(H,25,28). The van der Waals surface area contributed by atoms with Crippen molar-refractivity contribution < 1.29 is 22.4 Å². The van der Waals surface area contributed by atoms with Crippen LogP contribution in [-0.2, 0) is 6.54 Å². The number of amides is 1. The molecule has 1 heterocycles. The summed E-state index contributed by atoms with van der Waals surface area (Å²) in [6.07, 6.45) is -2.95. The highest BCUT2D eigenvalue weighted by Crippen LogP contribution is 2.38. The summed E-state index contributed by atoms with van der Waals surface area (Å²) in [6.45, 7) is 1.78. The summed E-state index contributed by atoms with van der Waals surface area (Å²) in [4.78, 5) is 12.7. The first kappa shape index (κ1) is 20.6. The molecular weight excluding hydrogens is 398 g/mol. The minimum atomic E-state index is -4.36. The van der Waals surface area contributed by atoms with Gasteiger partial charge in [-0.2, -0.15) is 18.3 Å². The number of carbonyl (C=O) groups excluding carboxylic acids is 1. The molecule has 1 aromatic carbocycles. The van der Waals surface area contributed by atoms with E-state index in [0.29, 0.717) is 18.5 Å². The van der Waals surface area contributed by atoms with Gasteiger partial charge in [-0.05, 0) is 37.5 Å².